The average molecular weight is 361 g/mol. The number of hydrogen-bond acceptors (Lipinski definition) is 2. The number of benzene rings is 2. The van der Waals surface area contributed by atoms with Gasteiger partial charge in [0.1, 0.15) is 5.82 Å². The molecule has 1 aliphatic carbocycles. The molecule has 140 valence electrons. The van der Waals surface area contributed by atoms with E-state index in [4.69, 9.17) is 0 Å². The van der Waals surface area contributed by atoms with E-state index in [9.17, 15) is 4.79 Å². The number of nitrogens with one attached hydrogen (secondary N) is 2. The fourth-order valence-electron chi connectivity index (χ4n) is 4.35. The number of para-hydroxylation sites is 1. The molecule has 0 spiro atoms. The number of carbonyl (C=O) groups excluding carboxylic acids is 1. The Hall–Kier alpha value is -2.62. The van der Waals surface area contributed by atoms with Gasteiger partial charge in [-0.05, 0) is 42.9 Å². The Morgan fingerprint density at radius 3 is 2.67 bits per heavy atom. The van der Waals surface area contributed by atoms with E-state index in [0.717, 1.165) is 35.3 Å². The zero-order valence-corrected chi connectivity index (χ0v) is 15.9. The Balaban J connectivity index is 1.42. The molecular formula is C23H27N3O. The van der Waals surface area contributed by atoms with E-state index in [1.165, 1.54) is 18.4 Å². The minimum atomic E-state index is -0.0355. The van der Waals surface area contributed by atoms with Crippen LogP contribution in [0.4, 0.5) is 0 Å². The van der Waals surface area contributed by atoms with Crippen LogP contribution in [0.2, 0.25) is 0 Å². The van der Waals surface area contributed by atoms with E-state index in [-0.39, 0.29) is 11.8 Å². The van der Waals surface area contributed by atoms with E-state index in [1.807, 2.05) is 30.3 Å². The van der Waals surface area contributed by atoms with Gasteiger partial charge in [-0.15, -0.1) is 0 Å². The average Bonchev–Trinajstić information content (AvgIpc) is 3.33. The van der Waals surface area contributed by atoms with Gasteiger partial charge in [-0.1, -0.05) is 55.3 Å². The van der Waals surface area contributed by atoms with Gasteiger partial charge in [0.2, 0.25) is 5.91 Å². The zero-order chi connectivity index (χ0) is 18.6. The van der Waals surface area contributed by atoms with Crippen molar-refractivity contribution in [3.05, 3.63) is 65.5 Å². The summed E-state index contributed by atoms with van der Waals surface area (Å²) in [4.78, 5) is 21.1. The number of H-pyrrole nitrogens is 1. The molecule has 1 amide bonds. The maximum atomic E-state index is 13.0. The molecule has 0 bridgehead atoms. The lowest BCUT2D eigenvalue weighted by Crippen LogP contribution is -2.34. The number of carbonyl (C=O) groups is 1. The summed E-state index contributed by atoms with van der Waals surface area (Å²) in [7, 11) is 0. The SMILES string of the molecule is Cc1cccc2[nH]c(CCNC(=O)[C@H](c3ccccc3)C3CCCC3)nc12. The third-order valence-corrected chi connectivity index (χ3v) is 5.74. The second kappa shape index (κ2) is 7.95. The number of aromatic nitrogens is 2. The molecule has 4 nitrogen and oxygen atoms in total. The largest absolute Gasteiger partial charge is 0.355 e. The highest BCUT2D eigenvalue weighted by Gasteiger charge is 2.31. The van der Waals surface area contributed by atoms with E-state index in [0.29, 0.717) is 18.9 Å². The van der Waals surface area contributed by atoms with Gasteiger partial charge in [-0.2, -0.15) is 0 Å². The summed E-state index contributed by atoms with van der Waals surface area (Å²) >= 11 is 0. The molecule has 2 N–H and O–H groups in total. The highest BCUT2D eigenvalue weighted by atomic mass is 16.1. The Morgan fingerprint density at radius 1 is 1.15 bits per heavy atom. The summed E-state index contributed by atoms with van der Waals surface area (Å²) in [5.41, 5.74) is 4.39. The van der Waals surface area contributed by atoms with Crippen LogP contribution < -0.4 is 5.32 Å². The Bertz CT molecular complexity index is 910. The van der Waals surface area contributed by atoms with Gasteiger partial charge in [-0.3, -0.25) is 4.79 Å². The summed E-state index contributed by atoms with van der Waals surface area (Å²) in [6, 6.07) is 16.4. The van der Waals surface area contributed by atoms with Crippen molar-refractivity contribution >= 4 is 16.9 Å². The van der Waals surface area contributed by atoms with Crippen molar-refractivity contribution in [1.29, 1.82) is 0 Å². The second-order valence-electron chi connectivity index (χ2n) is 7.63. The number of aromatic amines is 1. The molecule has 0 radical (unpaired) electrons. The molecule has 2 aromatic carbocycles. The van der Waals surface area contributed by atoms with Crippen molar-refractivity contribution in [2.45, 2.75) is 44.9 Å². The molecule has 1 aromatic heterocycles. The van der Waals surface area contributed by atoms with Crippen molar-refractivity contribution in [3.8, 4) is 0 Å². The van der Waals surface area contributed by atoms with Gasteiger partial charge in [0.05, 0.1) is 17.0 Å². The first kappa shape index (κ1) is 17.8. The van der Waals surface area contributed by atoms with Crippen molar-refractivity contribution in [2.24, 2.45) is 5.92 Å². The van der Waals surface area contributed by atoms with Gasteiger partial charge in [-0.25, -0.2) is 4.98 Å². The molecule has 1 saturated carbocycles. The van der Waals surface area contributed by atoms with Crippen LogP contribution in [0.15, 0.2) is 48.5 Å². The second-order valence-corrected chi connectivity index (χ2v) is 7.63. The normalized spacial score (nSPS) is 15.9. The van der Waals surface area contributed by atoms with E-state index >= 15 is 0 Å². The third kappa shape index (κ3) is 3.90. The minimum Gasteiger partial charge on any atom is -0.355 e. The van der Waals surface area contributed by atoms with Crippen molar-refractivity contribution in [3.63, 3.8) is 0 Å². The number of amides is 1. The number of fused-ring (bicyclic) bond motifs is 1. The Labute approximate surface area is 160 Å². The molecule has 1 heterocycles. The predicted molar refractivity (Wildman–Crippen MR) is 109 cm³/mol. The molecule has 3 aromatic rings. The van der Waals surface area contributed by atoms with Crippen LogP contribution in [0.3, 0.4) is 0 Å². The molecule has 1 atom stereocenters. The Kier molecular flexibility index (Phi) is 5.23. The zero-order valence-electron chi connectivity index (χ0n) is 15.9. The molecular weight excluding hydrogens is 334 g/mol. The number of imidazole rings is 1. The van der Waals surface area contributed by atoms with Crippen LogP contribution in [0.25, 0.3) is 11.0 Å². The maximum absolute atomic E-state index is 13.0. The van der Waals surface area contributed by atoms with Crippen LogP contribution in [-0.4, -0.2) is 22.4 Å². The van der Waals surface area contributed by atoms with Gasteiger partial charge >= 0.3 is 0 Å². The lowest BCUT2D eigenvalue weighted by Gasteiger charge is -2.23. The summed E-state index contributed by atoms with van der Waals surface area (Å²) in [5.74, 6) is 1.50. The minimum absolute atomic E-state index is 0.0355. The van der Waals surface area contributed by atoms with Crippen molar-refractivity contribution < 1.29 is 4.79 Å². The van der Waals surface area contributed by atoms with Gasteiger partial charge < -0.3 is 10.3 Å². The molecule has 0 saturated heterocycles. The fourth-order valence-corrected chi connectivity index (χ4v) is 4.35. The molecule has 0 unspecified atom stereocenters. The fraction of sp³-hybridized carbons (Fsp3) is 0.391. The number of rotatable bonds is 6. The molecule has 4 rings (SSSR count). The number of hydrogen-bond donors (Lipinski definition) is 2. The van der Waals surface area contributed by atoms with E-state index in [2.05, 4.69) is 40.4 Å². The number of aryl methyl sites for hydroxylation is 1. The van der Waals surface area contributed by atoms with Crippen LogP contribution >= 0.6 is 0 Å². The van der Waals surface area contributed by atoms with Gasteiger partial charge in [0, 0.05) is 13.0 Å². The third-order valence-electron chi connectivity index (χ3n) is 5.74. The topological polar surface area (TPSA) is 57.8 Å². The van der Waals surface area contributed by atoms with Crippen LogP contribution in [-0.2, 0) is 11.2 Å². The lowest BCUT2D eigenvalue weighted by molar-refractivity contribution is -0.123. The van der Waals surface area contributed by atoms with Crippen LogP contribution in [0.5, 0.6) is 0 Å². The summed E-state index contributed by atoms with van der Waals surface area (Å²) < 4.78 is 0. The lowest BCUT2D eigenvalue weighted by atomic mass is 9.84. The molecule has 4 heteroatoms. The van der Waals surface area contributed by atoms with Gasteiger partial charge in [0.15, 0.2) is 0 Å². The first-order chi connectivity index (χ1) is 13.2. The molecule has 27 heavy (non-hydrogen) atoms. The van der Waals surface area contributed by atoms with Crippen LogP contribution in [0, 0.1) is 12.8 Å². The van der Waals surface area contributed by atoms with Crippen molar-refractivity contribution in [1.82, 2.24) is 15.3 Å². The summed E-state index contributed by atoms with van der Waals surface area (Å²) in [6.45, 7) is 2.68. The summed E-state index contributed by atoms with van der Waals surface area (Å²) in [6.07, 6.45) is 5.48. The van der Waals surface area contributed by atoms with Gasteiger partial charge in [0.25, 0.3) is 0 Å². The first-order valence-electron chi connectivity index (χ1n) is 9.99. The van der Waals surface area contributed by atoms with Crippen LogP contribution in [0.1, 0.15) is 48.6 Å². The quantitative estimate of drug-likeness (QED) is 0.679. The summed E-state index contributed by atoms with van der Waals surface area (Å²) in [5, 5.41) is 3.17. The number of nitrogens with zero attached hydrogens (tertiary/aromatic N) is 1. The first-order valence-corrected chi connectivity index (χ1v) is 9.99. The van der Waals surface area contributed by atoms with E-state index in [1.54, 1.807) is 0 Å². The van der Waals surface area contributed by atoms with Crippen molar-refractivity contribution in [2.75, 3.05) is 6.54 Å². The Morgan fingerprint density at radius 2 is 1.93 bits per heavy atom. The predicted octanol–water partition coefficient (Wildman–Crippen LogP) is 4.50. The monoisotopic (exact) mass is 361 g/mol. The highest BCUT2D eigenvalue weighted by molar-refractivity contribution is 5.84. The molecule has 1 fully saturated rings. The molecule has 0 aliphatic heterocycles. The molecule has 1 aliphatic rings. The highest BCUT2D eigenvalue weighted by Crippen LogP contribution is 2.37. The maximum Gasteiger partial charge on any atom is 0.227 e. The standard InChI is InChI=1S/C23H27N3O/c1-16-8-7-13-19-22(16)26-20(25-19)14-15-24-23(27)21(18-11-5-6-12-18)17-9-3-2-4-10-17/h2-4,7-10,13,18,21H,5-6,11-12,14-15H2,1H3,(H,24,27)(H,25,26)/t21-/m1/s1. The smallest absolute Gasteiger partial charge is 0.227 e. The van der Waals surface area contributed by atoms with E-state index < -0.39 is 0 Å².